The van der Waals surface area contributed by atoms with Crippen molar-refractivity contribution in [2.75, 3.05) is 18.1 Å². The molecule has 2 aliphatic rings. The Labute approximate surface area is 109 Å². The van der Waals surface area contributed by atoms with Gasteiger partial charge in [0.1, 0.15) is 0 Å². The van der Waals surface area contributed by atoms with Gasteiger partial charge in [-0.05, 0) is 24.3 Å². The molecule has 19 heavy (non-hydrogen) atoms. The molecule has 2 atom stereocenters. The SMILES string of the molecule is N#Cc1ccc(N2C(=O)NC3COCC3C2=O)cc1. The van der Waals surface area contributed by atoms with E-state index in [9.17, 15) is 9.59 Å². The Bertz CT molecular complexity index is 576. The molecule has 0 radical (unpaired) electrons. The largest absolute Gasteiger partial charge is 0.378 e. The molecule has 6 heteroatoms. The summed E-state index contributed by atoms with van der Waals surface area (Å²) in [4.78, 5) is 25.4. The van der Waals surface area contributed by atoms with E-state index in [0.717, 1.165) is 4.90 Å². The van der Waals surface area contributed by atoms with Gasteiger partial charge in [-0.2, -0.15) is 5.26 Å². The van der Waals surface area contributed by atoms with Crippen molar-refractivity contribution in [3.8, 4) is 6.07 Å². The first-order chi connectivity index (χ1) is 9.20. The van der Waals surface area contributed by atoms with E-state index in [2.05, 4.69) is 5.32 Å². The predicted octanol–water partition coefficient (Wildman–Crippen LogP) is 0.629. The standard InChI is InChI=1S/C13H11N3O3/c14-5-8-1-3-9(4-2-8)16-12(17)10-6-19-7-11(10)15-13(16)18/h1-4,10-11H,6-7H2,(H,15,18). The smallest absolute Gasteiger partial charge is 0.329 e. The fourth-order valence-electron chi connectivity index (χ4n) is 2.36. The molecule has 3 rings (SSSR count). The number of ether oxygens (including phenoxy) is 1. The Balaban J connectivity index is 1.92. The number of carbonyl (C=O) groups excluding carboxylic acids is 2. The van der Waals surface area contributed by atoms with E-state index >= 15 is 0 Å². The highest BCUT2D eigenvalue weighted by atomic mass is 16.5. The van der Waals surface area contributed by atoms with Crippen LogP contribution in [0.5, 0.6) is 0 Å². The number of hydrogen-bond acceptors (Lipinski definition) is 4. The summed E-state index contributed by atoms with van der Waals surface area (Å²) in [6.07, 6.45) is 0. The van der Waals surface area contributed by atoms with E-state index < -0.39 is 6.03 Å². The van der Waals surface area contributed by atoms with E-state index in [0.29, 0.717) is 24.5 Å². The number of hydrogen-bond donors (Lipinski definition) is 1. The number of benzene rings is 1. The molecule has 6 nitrogen and oxygen atoms in total. The van der Waals surface area contributed by atoms with Crippen LogP contribution < -0.4 is 10.2 Å². The van der Waals surface area contributed by atoms with E-state index in [1.807, 2.05) is 6.07 Å². The first-order valence-corrected chi connectivity index (χ1v) is 5.93. The Morgan fingerprint density at radius 3 is 2.68 bits per heavy atom. The van der Waals surface area contributed by atoms with Gasteiger partial charge in [-0.1, -0.05) is 0 Å². The fraction of sp³-hybridized carbons (Fsp3) is 0.308. The molecular formula is C13H11N3O3. The van der Waals surface area contributed by atoms with E-state index in [1.54, 1.807) is 24.3 Å². The van der Waals surface area contributed by atoms with Gasteiger partial charge in [-0.15, -0.1) is 0 Å². The summed E-state index contributed by atoms with van der Waals surface area (Å²) in [6.45, 7) is 0.708. The number of amides is 3. The monoisotopic (exact) mass is 257 g/mol. The second kappa shape index (κ2) is 4.37. The number of urea groups is 1. The minimum Gasteiger partial charge on any atom is -0.378 e. The van der Waals surface area contributed by atoms with Crippen LogP contribution in [0.4, 0.5) is 10.5 Å². The Hall–Kier alpha value is -2.39. The van der Waals surface area contributed by atoms with Crippen molar-refractivity contribution >= 4 is 17.6 Å². The molecule has 0 spiro atoms. The summed E-state index contributed by atoms with van der Waals surface area (Å²) >= 11 is 0. The zero-order valence-corrected chi connectivity index (χ0v) is 10.00. The molecule has 2 unspecified atom stereocenters. The van der Waals surface area contributed by atoms with Crippen molar-refractivity contribution in [2.45, 2.75) is 6.04 Å². The van der Waals surface area contributed by atoms with Crippen LogP contribution in [0.2, 0.25) is 0 Å². The van der Waals surface area contributed by atoms with E-state index in [1.165, 1.54) is 0 Å². The molecule has 0 bridgehead atoms. The third kappa shape index (κ3) is 1.84. The van der Waals surface area contributed by atoms with Crippen LogP contribution in [-0.2, 0) is 9.53 Å². The fourth-order valence-corrected chi connectivity index (χ4v) is 2.36. The first-order valence-electron chi connectivity index (χ1n) is 5.93. The number of nitrogens with one attached hydrogen (secondary N) is 1. The molecule has 0 aromatic heterocycles. The van der Waals surface area contributed by atoms with Crippen molar-refractivity contribution in [1.82, 2.24) is 5.32 Å². The van der Waals surface area contributed by atoms with Gasteiger partial charge in [0.25, 0.3) is 0 Å². The van der Waals surface area contributed by atoms with Crippen LogP contribution in [-0.4, -0.2) is 31.2 Å². The van der Waals surface area contributed by atoms with E-state index in [4.69, 9.17) is 10.00 Å². The first kappa shape index (κ1) is 11.7. The van der Waals surface area contributed by atoms with Gasteiger partial charge in [-0.25, -0.2) is 9.69 Å². The minimum atomic E-state index is -0.443. The lowest BCUT2D eigenvalue weighted by Crippen LogP contribution is -2.59. The topological polar surface area (TPSA) is 82.4 Å². The van der Waals surface area contributed by atoms with Gasteiger partial charge in [0.05, 0.1) is 42.5 Å². The van der Waals surface area contributed by atoms with Crippen molar-refractivity contribution < 1.29 is 14.3 Å². The van der Waals surface area contributed by atoms with Crippen LogP contribution >= 0.6 is 0 Å². The summed E-state index contributed by atoms with van der Waals surface area (Å²) in [5, 5.41) is 11.5. The number of anilines is 1. The highest BCUT2D eigenvalue weighted by molar-refractivity contribution is 6.17. The summed E-state index contributed by atoms with van der Waals surface area (Å²) in [7, 11) is 0. The Morgan fingerprint density at radius 2 is 2.00 bits per heavy atom. The van der Waals surface area contributed by atoms with E-state index in [-0.39, 0.29) is 17.9 Å². The van der Waals surface area contributed by atoms with Crippen LogP contribution in [0.15, 0.2) is 24.3 Å². The highest BCUT2D eigenvalue weighted by Gasteiger charge is 2.44. The average molecular weight is 257 g/mol. The maximum absolute atomic E-state index is 12.3. The molecule has 1 aromatic rings. The van der Waals surface area contributed by atoms with Crippen LogP contribution in [0.1, 0.15) is 5.56 Å². The highest BCUT2D eigenvalue weighted by Crippen LogP contribution is 2.26. The molecule has 96 valence electrons. The molecule has 2 saturated heterocycles. The molecule has 0 aliphatic carbocycles. The summed E-state index contributed by atoms with van der Waals surface area (Å²) in [5.74, 6) is -0.579. The predicted molar refractivity (Wildman–Crippen MR) is 65.3 cm³/mol. The van der Waals surface area contributed by atoms with Crippen molar-refractivity contribution in [1.29, 1.82) is 5.26 Å². The maximum Gasteiger partial charge on any atom is 0.329 e. The maximum atomic E-state index is 12.3. The normalized spacial score (nSPS) is 25.7. The molecule has 2 heterocycles. The van der Waals surface area contributed by atoms with Crippen molar-refractivity contribution in [3.05, 3.63) is 29.8 Å². The molecule has 2 aliphatic heterocycles. The lowest BCUT2D eigenvalue weighted by atomic mass is 9.99. The Morgan fingerprint density at radius 1 is 1.26 bits per heavy atom. The quantitative estimate of drug-likeness (QED) is 0.799. The third-order valence-corrected chi connectivity index (χ3v) is 3.38. The van der Waals surface area contributed by atoms with Gasteiger partial charge >= 0.3 is 6.03 Å². The molecule has 0 saturated carbocycles. The molecule has 1 N–H and O–H groups in total. The Kier molecular flexibility index (Phi) is 2.69. The zero-order valence-electron chi connectivity index (χ0n) is 10.00. The van der Waals surface area contributed by atoms with Crippen LogP contribution in [0.3, 0.4) is 0 Å². The number of nitriles is 1. The summed E-state index contributed by atoms with van der Waals surface area (Å²) in [5.41, 5.74) is 0.947. The minimum absolute atomic E-state index is 0.227. The van der Waals surface area contributed by atoms with Crippen molar-refractivity contribution in [3.63, 3.8) is 0 Å². The van der Waals surface area contributed by atoms with Gasteiger partial charge in [0.15, 0.2) is 0 Å². The summed E-state index contributed by atoms with van der Waals surface area (Å²) in [6, 6.07) is 7.65. The molecule has 1 aromatic carbocycles. The number of carbonyl (C=O) groups is 2. The number of nitrogens with zero attached hydrogens (tertiary/aromatic N) is 2. The molecular weight excluding hydrogens is 246 g/mol. The lowest BCUT2D eigenvalue weighted by molar-refractivity contribution is -0.122. The second-order valence-electron chi connectivity index (χ2n) is 4.53. The van der Waals surface area contributed by atoms with Crippen molar-refractivity contribution in [2.24, 2.45) is 5.92 Å². The zero-order chi connectivity index (χ0) is 13.4. The summed E-state index contributed by atoms with van der Waals surface area (Å²) < 4.78 is 5.23. The molecule has 3 amide bonds. The average Bonchev–Trinajstić information content (AvgIpc) is 2.88. The second-order valence-corrected chi connectivity index (χ2v) is 4.53. The number of imide groups is 1. The third-order valence-electron chi connectivity index (χ3n) is 3.38. The van der Waals surface area contributed by atoms with Crippen LogP contribution in [0, 0.1) is 17.2 Å². The van der Waals surface area contributed by atoms with Gasteiger partial charge in [-0.3, -0.25) is 4.79 Å². The van der Waals surface area contributed by atoms with Crippen LogP contribution in [0.25, 0.3) is 0 Å². The molecule has 2 fully saturated rings. The number of rotatable bonds is 1. The van der Waals surface area contributed by atoms with Gasteiger partial charge in [0.2, 0.25) is 5.91 Å². The van der Waals surface area contributed by atoms with Gasteiger partial charge in [0, 0.05) is 0 Å². The number of fused-ring (bicyclic) bond motifs is 1. The van der Waals surface area contributed by atoms with Gasteiger partial charge < -0.3 is 10.1 Å². The lowest BCUT2D eigenvalue weighted by Gasteiger charge is -2.32.